The normalized spacial score (nSPS) is 10.5. The highest BCUT2D eigenvalue weighted by atomic mass is 35.5. The van der Waals surface area contributed by atoms with Gasteiger partial charge in [0.15, 0.2) is 5.78 Å². The summed E-state index contributed by atoms with van der Waals surface area (Å²) < 4.78 is 18.6. The number of ether oxygens (including phenoxy) is 1. The average molecular weight is 321 g/mol. The van der Waals surface area contributed by atoms with Gasteiger partial charge in [-0.05, 0) is 43.2 Å². The van der Waals surface area contributed by atoms with Crippen LogP contribution in [0.2, 0.25) is 0 Å². The zero-order valence-corrected chi connectivity index (χ0v) is 13.2. The van der Waals surface area contributed by atoms with E-state index < -0.39 is 0 Å². The number of rotatable bonds is 7. The number of ketones is 1. The highest BCUT2D eigenvalue weighted by Crippen LogP contribution is 2.23. The Kier molecular flexibility index (Phi) is 5.96. The predicted molar refractivity (Wildman–Crippen MR) is 86.2 cm³/mol. The van der Waals surface area contributed by atoms with Crippen LogP contribution < -0.4 is 4.74 Å². The van der Waals surface area contributed by atoms with Gasteiger partial charge in [0.05, 0.1) is 5.56 Å². The molecule has 2 nitrogen and oxygen atoms in total. The van der Waals surface area contributed by atoms with Crippen molar-refractivity contribution in [3.8, 4) is 5.75 Å². The van der Waals surface area contributed by atoms with Crippen molar-refractivity contribution in [2.24, 2.45) is 0 Å². The Labute approximate surface area is 134 Å². The Hall–Kier alpha value is -1.87. The van der Waals surface area contributed by atoms with E-state index in [2.05, 4.69) is 0 Å². The van der Waals surface area contributed by atoms with Gasteiger partial charge in [-0.1, -0.05) is 23.8 Å². The molecule has 0 aliphatic carbocycles. The third-order valence-corrected chi connectivity index (χ3v) is 3.55. The molecule has 0 heterocycles. The summed E-state index contributed by atoms with van der Waals surface area (Å²) in [5.41, 5.74) is 2.43. The molecular formula is C18H18ClFO2. The summed E-state index contributed by atoms with van der Waals surface area (Å²) in [7, 11) is 0. The van der Waals surface area contributed by atoms with Crippen LogP contribution in [0.25, 0.3) is 0 Å². The molecule has 0 aliphatic rings. The summed E-state index contributed by atoms with van der Waals surface area (Å²) in [4.78, 5) is 12.2. The Morgan fingerprint density at radius 2 is 1.91 bits per heavy atom. The number of carbonyl (C=O) groups excluding carboxylic acids is 1. The lowest BCUT2D eigenvalue weighted by Gasteiger charge is -2.12. The fraction of sp³-hybridized carbons (Fsp3) is 0.278. The van der Waals surface area contributed by atoms with Crippen molar-refractivity contribution in [1.29, 1.82) is 0 Å². The van der Waals surface area contributed by atoms with Crippen LogP contribution >= 0.6 is 11.6 Å². The highest BCUT2D eigenvalue weighted by molar-refractivity contribution is 6.18. The third-order valence-electron chi connectivity index (χ3n) is 3.28. The minimum absolute atomic E-state index is 0.0263. The van der Waals surface area contributed by atoms with Crippen molar-refractivity contribution in [3.05, 3.63) is 65.0 Å². The van der Waals surface area contributed by atoms with Gasteiger partial charge in [-0.3, -0.25) is 4.79 Å². The molecule has 2 aromatic carbocycles. The Balaban J connectivity index is 2.12. The van der Waals surface area contributed by atoms with Crippen molar-refractivity contribution >= 4 is 17.4 Å². The van der Waals surface area contributed by atoms with Crippen LogP contribution in [0, 0.1) is 12.7 Å². The number of halogens is 2. The van der Waals surface area contributed by atoms with E-state index in [1.807, 2.05) is 19.1 Å². The molecule has 0 saturated heterocycles. The first-order chi connectivity index (χ1) is 10.6. The van der Waals surface area contributed by atoms with E-state index in [1.165, 1.54) is 12.1 Å². The first kappa shape index (κ1) is 16.5. The minimum atomic E-state index is -0.281. The molecule has 0 N–H and O–H groups in total. The van der Waals surface area contributed by atoms with E-state index in [0.717, 1.165) is 11.1 Å². The minimum Gasteiger partial charge on any atom is -0.488 e. The molecule has 2 rings (SSSR count). The van der Waals surface area contributed by atoms with Crippen LogP contribution in [-0.4, -0.2) is 11.7 Å². The molecule has 0 fully saturated rings. The molecule has 0 aliphatic heterocycles. The molecule has 116 valence electrons. The maximum absolute atomic E-state index is 12.9. The topological polar surface area (TPSA) is 26.3 Å². The van der Waals surface area contributed by atoms with Gasteiger partial charge < -0.3 is 4.74 Å². The summed E-state index contributed by atoms with van der Waals surface area (Å²) in [6, 6.07) is 11.6. The summed E-state index contributed by atoms with van der Waals surface area (Å²) in [5.74, 6) is 0.757. The first-order valence-corrected chi connectivity index (χ1v) is 7.70. The van der Waals surface area contributed by atoms with Crippen molar-refractivity contribution in [3.63, 3.8) is 0 Å². The summed E-state index contributed by atoms with van der Waals surface area (Å²) in [6.07, 6.45) is 1.05. The number of alkyl halides is 1. The number of benzene rings is 2. The van der Waals surface area contributed by atoms with Gasteiger partial charge in [0.1, 0.15) is 18.2 Å². The number of aryl methyl sites for hydroxylation is 1. The number of Topliss-reactive ketones (excluding diaryl/α,β-unsaturated/α-hetero) is 1. The maximum Gasteiger partial charge on any atom is 0.166 e. The summed E-state index contributed by atoms with van der Waals surface area (Å²) >= 11 is 5.64. The van der Waals surface area contributed by atoms with Crippen LogP contribution in [0.5, 0.6) is 5.75 Å². The SMILES string of the molecule is Cc1ccc(OCc2ccc(F)cc2)c(C(=O)CCCCl)c1. The van der Waals surface area contributed by atoms with Gasteiger partial charge >= 0.3 is 0 Å². The molecular weight excluding hydrogens is 303 g/mol. The molecule has 2 aromatic rings. The zero-order valence-electron chi connectivity index (χ0n) is 12.4. The predicted octanol–water partition coefficient (Wildman–Crippen LogP) is 4.91. The monoisotopic (exact) mass is 320 g/mol. The Morgan fingerprint density at radius 1 is 1.18 bits per heavy atom. The van der Waals surface area contributed by atoms with Gasteiger partial charge in [-0.15, -0.1) is 11.6 Å². The molecule has 0 amide bonds. The fourth-order valence-corrected chi connectivity index (χ4v) is 2.22. The van der Waals surface area contributed by atoms with E-state index in [4.69, 9.17) is 16.3 Å². The second-order valence-corrected chi connectivity index (χ2v) is 5.51. The van der Waals surface area contributed by atoms with Crippen LogP contribution in [0.4, 0.5) is 4.39 Å². The van der Waals surface area contributed by atoms with E-state index in [0.29, 0.717) is 36.6 Å². The molecule has 0 unspecified atom stereocenters. The molecule has 0 bridgehead atoms. The van der Waals surface area contributed by atoms with Gasteiger partial charge in [0, 0.05) is 12.3 Å². The smallest absolute Gasteiger partial charge is 0.166 e. The molecule has 0 aromatic heterocycles. The fourth-order valence-electron chi connectivity index (χ4n) is 2.09. The molecule has 0 atom stereocenters. The van der Waals surface area contributed by atoms with E-state index >= 15 is 0 Å². The van der Waals surface area contributed by atoms with E-state index in [1.54, 1.807) is 18.2 Å². The van der Waals surface area contributed by atoms with Crippen LogP contribution in [0.3, 0.4) is 0 Å². The van der Waals surface area contributed by atoms with Crippen LogP contribution in [0.15, 0.2) is 42.5 Å². The van der Waals surface area contributed by atoms with Gasteiger partial charge in [0.25, 0.3) is 0 Å². The number of hydrogen-bond donors (Lipinski definition) is 0. The molecule has 0 radical (unpaired) electrons. The number of hydrogen-bond acceptors (Lipinski definition) is 2. The molecule has 0 spiro atoms. The van der Waals surface area contributed by atoms with E-state index in [9.17, 15) is 9.18 Å². The second-order valence-electron chi connectivity index (χ2n) is 5.13. The standard InChI is InChI=1S/C18H18ClFO2/c1-13-4-9-18(16(11-13)17(21)3-2-10-19)22-12-14-5-7-15(20)8-6-14/h4-9,11H,2-3,10,12H2,1H3. The van der Waals surface area contributed by atoms with Gasteiger partial charge in [0.2, 0.25) is 0 Å². The first-order valence-electron chi connectivity index (χ1n) is 7.17. The van der Waals surface area contributed by atoms with E-state index in [-0.39, 0.29) is 11.6 Å². The van der Waals surface area contributed by atoms with Crippen molar-refractivity contribution in [2.75, 3.05) is 5.88 Å². The summed E-state index contributed by atoms with van der Waals surface area (Å²) in [6.45, 7) is 2.22. The maximum atomic E-state index is 12.9. The lowest BCUT2D eigenvalue weighted by Crippen LogP contribution is -2.05. The van der Waals surface area contributed by atoms with Crippen LogP contribution in [0.1, 0.15) is 34.3 Å². The lowest BCUT2D eigenvalue weighted by atomic mass is 10.0. The lowest BCUT2D eigenvalue weighted by molar-refractivity contribution is 0.0977. The largest absolute Gasteiger partial charge is 0.488 e. The van der Waals surface area contributed by atoms with Gasteiger partial charge in [-0.2, -0.15) is 0 Å². The van der Waals surface area contributed by atoms with Crippen molar-refractivity contribution < 1.29 is 13.9 Å². The Morgan fingerprint density at radius 3 is 2.59 bits per heavy atom. The van der Waals surface area contributed by atoms with Crippen molar-refractivity contribution in [1.82, 2.24) is 0 Å². The second kappa shape index (κ2) is 7.95. The Bertz CT molecular complexity index is 638. The average Bonchev–Trinajstić information content (AvgIpc) is 2.53. The quantitative estimate of drug-likeness (QED) is 0.535. The van der Waals surface area contributed by atoms with Crippen molar-refractivity contribution in [2.45, 2.75) is 26.4 Å². The third kappa shape index (κ3) is 4.57. The molecule has 4 heteroatoms. The highest BCUT2D eigenvalue weighted by Gasteiger charge is 2.13. The zero-order chi connectivity index (χ0) is 15.9. The van der Waals surface area contributed by atoms with Gasteiger partial charge in [-0.25, -0.2) is 4.39 Å². The summed E-state index contributed by atoms with van der Waals surface area (Å²) in [5, 5.41) is 0. The number of carbonyl (C=O) groups is 1. The molecule has 22 heavy (non-hydrogen) atoms. The molecule has 0 saturated carbocycles. The van der Waals surface area contributed by atoms with Crippen LogP contribution in [-0.2, 0) is 6.61 Å².